The number of nitrogens with one attached hydrogen (secondary N) is 1. The lowest BCUT2D eigenvalue weighted by Crippen LogP contribution is -2.28. The van der Waals surface area contributed by atoms with E-state index in [1.807, 2.05) is 31.2 Å². The van der Waals surface area contributed by atoms with Crippen LogP contribution < -0.4 is 5.32 Å². The highest BCUT2D eigenvalue weighted by molar-refractivity contribution is 9.10. The Hall–Kier alpha value is -1.33. The molecule has 0 saturated carbocycles. The summed E-state index contributed by atoms with van der Waals surface area (Å²) in [6.07, 6.45) is 0. The van der Waals surface area contributed by atoms with Gasteiger partial charge in [0.15, 0.2) is 0 Å². The van der Waals surface area contributed by atoms with E-state index >= 15 is 0 Å². The Kier molecular flexibility index (Phi) is 5.82. The summed E-state index contributed by atoms with van der Waals surface area (Å²) in [7, 11) is 0. The predicted octanol–water partition coefficient (Wildman–Crippen LogP) is 4.56. The maximum absolute atomic E-state index is 12.9. The third kappa shape index (κ3) is 5.17. The smallest absolute Gasteiger partial charge is 0.230 e. The lowest BCUT2D eigenvalue weighted by molar-refractivity contribution is -0.119. The van der Waals surface area contributed by atoms with E-state index in [1.165, 1.54) is 23.9 Å². The van der Waals surface area contributed by atoms with E-state index in [1.54, 1.807) is 12.1 Å². The van der Waals surface area contributed by atoms with E-state index in [-0.39, 0.29) is 17.8 Å². The normalized spacial score (nSPS) is 12.0. The third-order valence-corrected chi connectivity index (χ3v) is 4.47. The van der Waals surface area contributed by atoms with Crippen LogP contribution >= 0.6 is 27.7 Å². The van der Waals surface area contributed by atoms with Crippen LogP contribution in [0.5, 0.6) is 0 Å². The van der Waals surface area contributed by atoms with Crippen LogP contribution in [0.3, 0.4) is 0 Å². The molecule has 0 aliphatic heterocycles. The van der Waals surface area contributed by atoms with Crippen LogP contribution in [-0.2, 0) is 4.79 Å². The number of carbonyl (C=O) groups is 1. The summed E-state index contributed by atoms with van der Waals surface area (Å²) >= 11 is 4.86. The number of hydrogen-bond donors (Lipinski definition) is 1. The molecule has 0 aliphatic rings. The minimum absolute atomic E-state index is 0.0419. The van der Waals surface area contributed by atoms with Gasteiger partial charge in [-0.05, 0) is 48.9 Å². The van der Waals surface area contributed by atoms with Crippen LogP contribution in [-0.4, -0.2) is 11.7 Å². The number of thioether (sulfide) groups is 1. The van der Waals surface area contributed by atoms with Crippen molar-refractivity contribution in [3.8, 4) is 0 Å². The van der Waals surface area contributed by atoms with Gasteiger partial charge < -0.3 is 5.32 Å². The molecule has 21 heavy (non-hydrogen) atoms. The van der Waals surface area contributed by atoms with E-state index in [4.69, 9.17) is 0 Å². The van der Waals surface area contributed by atoms with E-state index < -0.39 is 0 Å². The molecule has 2 rings (SSSR count). The highest BCUT2D eigenvalue weighted by atomic mass is 79.9. The molecule has 2 nitrogen and oxygen atoms in total. The van der Waals surface area contributed by atoms with Gasteiger partial charge in [0.05, 0.1) is 11.8 Å². The Morgan fingerprint density at radius 3 is 2.43 bits per heavy atom. The second-order valence-electron chi connectivity index (χ2n) is 4.58. The second-order valence-corrected chi connectivity index (χ2v) is 6.55. The summed E-state index contributed by atoms with van der Waals surface area (Å²) in [5.74, 6) is 0.0375. The van der Waals surface area contributed by atoms with Crippen molar-refractivity contribution in [2.75, 3.05) is 5.75 Å². The molecular formula is C16H15BrFNOS. The molecule has 0 heterocycles. The molecule has 0 radical (unpaired) electrons. The minimum Gasteiger partial charge on any atom is -0.349 e. The molecule has 0 saturated heterocycles. The molecule has 0 bridgehead atoms. The van der Waals surface area contributed by atoms with Gasteiger partial charge in [0.2, 0.25) is 5.91 Å². The van der Waals surface area contributed by atoms with Crippen molar-refractivity contribution < 1.29 is 9.18 Å². The molecule has 2 aromatic rings. The average molecular weight is 368 g/mol. The standard InChI is InChI=1S/C16H15BrFNOS/c1-11(12-2-6-14(18)7-3-12)19-16(20)10-21-15-8-4-13(17)5-9-15/h2-9,11H,10H2,1H3,(H,19,20). The third-order valence-electron chi connectivity index (χ3n) is 2.93. The van der Waals surface area contributed by atoms with Crippen LogP contribution in [0.25, 0.3) is 0 Å². The summed E-state index contributed by atoms with van der Waals surface area (Å²) < 4.78 is 13.9. The minimum atomic E-state index is -0.275. The zero-order valence-electron chi connectivity index (χ0n) is 11.5. The lowest BCUT2D eigenvalue weighted by Gasteiger charge is -2.14. The number of halogens is 2. The van der Waals surface area contributed by atoms with Crippen LogP contribution in [0.4, 0.5) is 4.39 Å². The first kappa shape index (κ1) is 16.0. The van der Waals surface area contributed by atoms with Gasteiger partial charge in [-0.3, -0.25) is 4.79 Å². The molecule has 2 aromatic carbocycles. The quantitative estimate of drug-likeness (QED) is 0.784. The molecule has 0 aromatic heterocycles. The van der Waals surface area contributed by atoms with E-state index in [2.05, 4.69) is 21.2 Å². The Balaban J connectivity index is 1.83. The van der Waals surface area contributed by atoms with Crippen molar-refractivity contribution in [2.45, 2.75) is 17.9 Å². The fourth-order valence-electron chi connectivity index (χ4n) is 1.80. The van der Waals surface area contributed by atoms with Gasteiger partial charge in [-0.2, -0.15) is 0 Å². The maximum atomic E-state index is 12.9. The molecule has 0 fully saturated rings. The fourth-order valence-corrected chi connectivity index (χ4v) is 2.77. The van der Waals surface area contributed by atoms with Gasteiger partial charge >= 0.3 is 0 Å². The van der Waals surface area contributed by atoms with Gasteiger partial charge in [-0.1, -0.05) is 28.1 Å². The highest BCUT2D eigenvalue weighted by Crippen LogP contribution is 2.21. The highest BCUT2D eigenvalue weighted by Gasteiger charge is 2.10. The van der Waals surface area contributed by atoms with Gasteiger partial charge in [0.1, 0.15) is 5.82 Å². The van der Waals surface area contributed by atoms with Crippen molar-refractivity contribution in [1.82, 2.24) is 5.32 Å². The summed E-state index contributed by atoms with van der Waals surface area (Å²) in [5.41, 5.74) is 0.887. The Morgan fingerprint density at radius 2 is 1.81 bits per heavy atom. The van der Waals surface area contributed by atoms with E-state index in [0.29, 0.717) is 5.75 Å². The first-order chi connectivity index (χ1) is 10.0. The predicted molar refractivity (Wildman–Crippen MR) is 87.8 cm³/mol. The largest absolute Gasteiger partial charge is 0.349 e. The lowest BCUT2D eigenvalue weighted by atomic mass is 10.1. The van der Waals surface area contributed by atoms with E-state index in [0.717, 1.165) is 14.9 Å². The summed E-state index contributed by atoms with van der Waals surface area (Å²) in [4.78, 5) is 13.0. The zero-order valence-corrected chi connectivity index (χ0v) is 13.9. The van der Waals surface area contributed by atoms with Gasteiger partial charge in [-0.25, -0.2) is 4.39 Å². The van der Waals surface area contributed by atoms with Crippen LogP contribution in [0, 0.1) is 5.82 Å². The summed E-state index contributed by atoms with van der Waals surface area (Å²) in [6.45, 7) is 1.88. The molecule has 5 heteroatoms. The van der Waals surface area contributed by atoms with Crippen molar-refractivity contribution in [3.63, 3.8) is 0 Å². The molecule has 1 amide bonds. The molecule has 0 spiro atoms. The van der Waals surface area contributed by atoms with Gasteiger partial charge in [0, 0.05) is 9.37 Å². The van der Waals surface area contributed by atoms with Crippen LogP contribution in [0.1, 0.15) is 18.5 Å². The van der Waals surface area contributed by atoms with Gasteiger partial charge in [0.25, 0.3) is 0 Å². The number of carbonyl (C=O) groups excluding carboxylic acids is 1. The molecule has 1 N–H and O–H groups in total. The Bertz CT molecular complexity index is 601. The Labute approximate surface area is 136 Å². The van der Waals surface area contributed by atoms with Crippen molar-refractivity contribution >= 4 is 33.6 Å². The first-order valence-electron chi connectivity index (χ1n) is 6.48. The molecule has 1 atom stereocenters. The first-order valence-corrected chi connectivity index (χ1v) is 8.25. The summed E-state index contributed by atoms with van der Waals surface area (Å²) in [5, 5.41) is 2.91. The molecule has 110 valence electrons. The zero-order chi connectivity index (χ0) is 15.2. The Morgan fingerprint density at radius 1 is 1.19 bits per heavy atom. The topological polar surface area (TPSA) is 29.1 Å². The second kappa shape index (κ2) is 7.61. The van der Waals surface area contributed by atoms with Crippen LogP contribution in [0.15, 0.2) is 57.9 Å². The SMILES string of the molecule is CC(NC(=O)CSc1ccc(Br)cc1)c1ccc(F)cc1. The number of hydrogen-bond acceptors (Lipinski definition) is 2. The molecule has 1 unspecified atom stereocenters. The van der Waals surface area contributed by atoms with Crippen LogP contribution in [0.2, 0.25) is 0 Å². The van der Waals surface area contributed by atoms with Crippen molar-refractivity contribution in [3.05, 3.63) is 64.4 Å². The molecular weight excluding hydrogens is 353 g/mol. The number of rotatable bonds is 5. The van der Waals surface area contributed by atoms with Gasteiger partial charge in [-0.15, -0.1) is 11.8 Å². The van der Waals surface area contributed by atoms with Crippen molar-refractivity contribution in [2.24, 2.45) is 0 Å². The fraction of sp³-hybridized carbons (Fsp3) is 0.188. The van der Waals surface area contributed by atoms with E-state index in [9.17, 15) is 9.18 Å². The van der Waals surface area contributed by atoms with Crippen molar-refractivity contribution in [1.29, 1.82) is 0 Å². The number of amides is 1. The number of benzene rings is 2. The average Bonchev–Trinajstić information content (AvgIpc) is 2.47. The maximum Gasteiger partial charge on any atom is 0.230 e. The molecule has 0 aliphatic carbocycles. The summed E-state index contributed by atoms with van der Waals surface area (Å²) in [6, 6.07) is 13.8. The monoisotopic (exact) mass is 367 g/mol.